The molecular formula is C21H24N4O5. The Bertz CT molecular complexity index is 943. The van der Waals surface area contributed by atoms with Gasteiger partial charge in [-0.05, 0) is 49.8 Å². The van der Waals surface area contributed by atoms with Crippen LogP contribution in [-0.4, -0.2) is 59.4 Å². The molecule has 4 aliphatic rings. The van der Waals surface area contributed by atoms with Crippen molar-refractivity contribution >= 4 is 29.6 Å². The Labute approximate surface area is 173 Å². The second-order valence-corrected chi connectivity index (χ2v) is 8.43. The van der Waals surface area contributed by atoms with Crippen LogP contribution in [-0.2, 0) is 26.3 Å². The highest BCUT2D eigenvalue weighted by Gasteiger charge is 2.58. The van der Waals surface area contributed by atoms with E-state index in [0.29, 0.717) is 24.1 Å². The molecule has 2 N–H and O–H groups in total. The number of hydrogen-bond acceptors (Lipinski definition) is 5. The first-order valence-electron chi connectivity index (χ1n) is 10.4. The van der Waals surface area contributed by atoms with Crippen LogP contribution >= 0.6 is 0 Å². The third-order valence-corrected chi connectivity index (χ3v) is 6.88. The first-order valence-corrected chi connectivity index (χ1v) is 10.4. The molecular weight excluding hydrogens is 388 g/mol. The number of fused-ring (bicyclic) bond motifs is 4. The van der Waals surface area contributed by atoms with Gasteiger partial charge in [0, 0.05) is 36.8 Å². The molecule has 1 atom stereocenters. The zero-order valence-electron chi connectivity index (χ0n) is 16.8. The Kier molecular flexibility index (Phi) is 4.23. The van der Waals surface area contributed by atoms with E-state index in [0.717, 1.165) is 36.1 Å². The minimum absolute atomic E-state index is 0.175. The SMILES string of the molecule is CNC(=O)Nc1ccc2c(c1)CCC21OC(=O)N(CC(=O)N2C3CCC2CC3)C1=O. The van der Waals surface area contributed by atoms with Crippen LogP contribution in [0.3, 0.4) is 0 Å². The van der Waals surface area contributed by atoms with Gasteiger partial charge in [0.05, 0.1) is 0 Å². The van der Waals surface area contributed by atoms with Gasteiger partial charge in [-0.1, -0.05) is 6.07 Å². The number of urea groups is 1. The molecule has 1 unspecified atom stereocenters. The van der Waals surface area contributed by atoms with Gasteiger partial charge in [-0.15, -0.1) is 0 Å². The van der Waals surface area contributed by atoms with Crippen molar-refractivity contribution < 1.29 is 23.9 Å². The lowest BCUT2D eigenvalue weighted by Crippen LogP contribution is -2.46. The highest BCUT2D eigenvalue weighted by molar-refractivity contribution is 6.06. The van der Waals surface area contributed by atoms with Crippen molar-refractivity contribution in [2.24, 2.45) is 0 Å². The summed E-state index contributed by atoms with van der Waals surface area (Å²) in [4.78, 5) is 53.1. The molecule has 1 spiro atoms. The number of carbonyl (C=O) groups is 4. The van der Waals surface area contributed by atoms with E-state index in [-0.39, 0.29) is 30.6 Å². The van der Waals surface area contributed by atoms with Crippen molar-refractivity contribution in [2.45, 2.75) is 56.2 Å². The summed E-state index contributed by atoms with van der Waals surface area (Å²) in [6.45, 7) is -0.266. The van der Waals surface area contributed by atoms with Gasteiger partial charge in [0.1, 0.15) is 6.54 Å². The van der Waals surface area contributed by atoms with Gasteiger partial charge in [0.15, 0.2) is 0 Å². The Morgan fingerprint density at radius 1 is 1.17 bits per heavy atom. The van der Waals surface area contributed by atoms with E-state index in [9.17, 15) is 19.2 Å². The van der Waals surface area contributed by atoms with E-state index in [2.05, 4.69) is 10.6 Å². The summed E-state index contributed by atoms with van der Waals surface area (Å²) >= 11 is 0. The summed E-state index contributed by atoms with van der Waals surface area (Å²) in [5, 5.41) is 5.18. The van der Waals surface area contributed by atoms with Crippen LogP contribution in [0.25, 0.3) is 0 Å². The van der Waals surface area contributed by atoms with E-state index < -0.39 is 17.6 Å². The first kappa shape index (κ1) is 18.9. The van der Waals surface area contributed by atoms with Crippen LogP contribution in [0.4, 0.5) is 15.3 Å². The average molecular weight is 412 g/mol. The Morgan fingerprint density at radius 2 is 1.87 bits per heavy atom. The highest BCUT2D eigenvalue weighted by atomic mass is 16.6. The summed E-state index contributed by atoms with van der Waals surface area (Å²) < 4.78 is 5.60. The minimum atomic E-state index is -1.37. The average Bonchev–Trinajstić information content (AvgIpc) is 3.48. The van der Waals surface area contributed by atoms with Crippen molar-refractivity contribution in [1.82, 2.24) is 15.1 Å². The molecule has 9 heteroatoms. The first-order chi connectivity index (χ1) is 14.4. The van der Waals surface area contributed by atoms with Crippen molar-refractivity contribution in [3.63, 3.8) is 0 Å². The van der Waals surface area contributed by atoms with Gasteiger partial charge in [-0.25, -0.2) is 14.5 Å². The minimum Gasteiger partial charge on any atom is -0.427 e. The van der Waals surface area contributed by atoms with Gasteiger partial charge >= 0.3 is 12.1 Å². The fourth-order valence-electron chi connectivity index (χ4n) is 5.46. The number of ether oxygens (including phenoxy) is 1. The molecule has 3 aliphatic heterocycles. The van der Waals surface area contributed by atoms with Crippen LogP contribution in [0.2, 0.25) is 0 Å². The largest absolute Gasteiger partial charge is 0.427 e. The van der Waals surface area contributed by atoms with Crippen molar-refractivity contribution in [2.75, 3.05) is 18.9 Å². The van der Waals surface area contributed by atoms with Crippen molar-refractivity contribution in [3.8, 4) is 0 Å². The maximum Gasteiger partial charge on any atom is 0.418 e. The lowest BCUT2D eigenvalue weighted by Gasteiger charge is -2.24. The van der Waals surface area contributed by atoms with Gasteiger partial charge < -0.3 is 20.3 Å². The lowest BCUT2D eigenvalue weighted by molar-refractivity contribution is -0.142. The molecule has 1 aromatic rings. The lowest BCUT2D eigenvalue weighted by atomic mass is 9.94. The predicted octanol–water partition coefficient (Wildman–Crippen LogP) is 1.71. The second-order valence-electron chi connectivity index (χ2n) is 8.43. The van der Waals surface area contributed by atoms with E-state index in [1.54, 1.807) is 18.2 Å². The van der Waals surface area contributed by atoms with Gasteiger partial charge in [-0.2, -0.15) is 0 Å². The molecule has 9 nitrogen and oxygen atoms in total. The van der Waals surface area contributed by atoms with Gasteiger partial charge in [0.25, 0.3) is 5.91 Å². The number of anilines is 1. The third-order valence-electron chi connectivity index (χ3n) is 6.88. The van der Waals surface area contributed by atoms with E-state index in [1.807, 2.05) is 4.90 Å². The zero-order valence-corrected chi connectivity index (χ0v) is 16.8. The predicted molar refractivity (Wildman–Crippen MR) is 106 cm³/mol. The number of nitrogens with zero attached hydrogens (tertiary/aromatic N) is 2. The van der Waals surface area contributed by atoms with Crippen LogP contribution in [0.15, 0.2) is 18.2 Å². The Balaban J connectivity index is 1.36. The third kappa shape index (κ3) is 2.68. The number of aryl methyl sites for hydroxylation is 1. The summed E-state index contributed by atoms with van der Waals surface area (Å²) in [5.74, 6) is -0.649. The quantitative estimate of drug-likeness (QED) is 0.786. The number of rotatable bonds is 3. The summed E-state index contributed by atoms with van der Waals surface area (Å²) in [5.41, 5.74) is 0.691. The molecule has 3 heterocycles. The molecule has 1 aromatic carbocycles. The Hall–Kier alpha value is -3.10. The number of amides is 5. The van der Waals surface area contributed by atoms with E-state index in [4.69, 9.17) is 4.74 Å². The number of hydrogen-bond donors (Lipinski definition) is 2. The number of nitrogens with one attached hydrogen (secondary N) is 2. The second kappa shape index (κ2) is 6.72. The molecule has 1 aliphatic carbocycles. The van der Waals surface area contributed by atoms with Crippen LogP contribution < -0.4 is 10.6 Å². The summed E-state index contributed by atoms with van der Waals surface area (Å²) in [6.07, 6.45) is 4.10. The molecule has 2 bridgehead atoms. The van der Waals surface area contributed by atoms with Crippen molar-refractivity contribution in [3.05, 3.63) is 29.3 Å². The smallest absolute Gasteiger partial charge is 0.418 e. The van der Waals surface area contributed by atoms with Crippen molar-refractivity contribution in [1.29, 1.82) is 0 Å². The molecule has 5 amide bonds. The molecule has 0 aromatic heterocycles. The summed E-state index contributed by atoms with van der Waals surface area (Å²) in [6, 6.07) is 5.32. The van der Waals surface area contributed by atoms with Crippen LogP contribution in [0.5, 0.6) is 0 Å². The molecule has 0 saturated carbocycles. The molecule has 30 heavy (non-hydrogen) atoms. The topological polar surface area (TPSA) is 108 Å². The number of benzene rings is 1. The molecule has 158 valence electrons. The van der Waals surface area contributed by atoms with Gasteiger partial charge in [-0.3, -0.25) is 9.59 Å². The Morgan fingerprint density at radius 3 is 2.53 bits per heavy atom. The highest BCUT2D eigenvalue weighted by Crippen LogP contribution is 2.46. The molecule has 0 radical (unpaired) electrons. The van der Waals surface area contributed by atoms with Crippen LogP contribution in [0.1, 0.15) is 43.2 Å². The summed E-state index contributed by atoms with van der Waals surface area (Å²) in [7, 11) is 1.53. The number of imide groups is 1. The number of carbonyl (C=O) groups excluding carboxylic acids is 4. The van der Waals surface area contributed by atoms with Gasteiger partial charge in [0.2, 0.25) is 11.5 Å². The van der Waals surface area contributed by atoms with E-state index >= 15 is 0 Å². The normalized spacial score (nSPS) is 28.8. The maximum atomic E-state index is 13.3. The van der Waals surface area contributed by atoms with E-state index in [1.165, 1.54) is 7.05 Å². The molecule has 3 fully saturated rings. The fraction of sp³-hybridized carbons (Fsp3) is 0.524. The fourth-order valence-corrected chi connectivity index (χ4v) is 5.46. The monoisotopic (exact) mass is 412 g/mol. The standard InChI is InChI=1S/C21H24N4O5/c1-22-19(28)23-13-2-7-16-12(10-13)8-9-21(16)18(27)24(20(29)30-21)11-17(26)25-14-3-4-15(25)6-5-14/h2,7,10,14-15H,3-6,8-9,11H2,1H3,(H2,22,23,28). The molecule has 3 saturated heterocycles. The maximum absolute atomic E-state index is 13.3. The molecule has 5 rings (SSSR count). The zero-order chi connectivity index (χ0) is 21.0. The van der Waals surface area contributed by atoms with Crippen LogP contribution in [0, 0.1) is 0 Å².